The van der Waals surface area contributed by atoms with E-state index in [0.717, 1.165) is 0 Å². The molecule has 0 aliphatic carbocycles. The van der Waals surface area contributed by atoms with Crippen LogP contribution in [-0.4, -0.2) is 31.2 Å². The van der Waals surface area contributed by atoms with Gasteiger partial charge in [0.1, 0.15) is 11.5 Å². The molecule has 0 saturated carbocycles. The Morgan fingerprint density at radius 3 is 2.41 bits per heavy atom. The molecular formula is C18H16ClF2NO5. The van der Waals surface area contributed by atoms with Crippen LogP contribution in [0.4, 0.5) is 14.5 Å². The largest absolute Gasteiger partial charge is 0.479 e. The van der Waals surface area contributed by atoms with Crippen molar-refractivity contribution >= 4 is 29.2 Å². The molecule has 0 heterocycles. The fourth-order valence-electron chi connectivity index (χ4n) is 1.97. The summed E-state index contributed by atoms with van der Waals surface area (Å²) in [5.74, 6) is -1.28. The molecule has 1 amide bonds. The Hall–Kier alpha value is -2.87. The van der Waals surface area contributed by atoms with Gasteiger partial charge in [-0.05, 0) is 43.3 Å². The number of anilines is 1. The summed E-state index contributed by atoms with van der Waals surface area (Å²) in [5.41, 5.74) is 0.0318. The number of nitrogens with one attached hydrogen (secondary N) is 1. The van der Waals surface area contributed by atoms with Crippen LogP contribution in [0.1, 0.15) is 6.92 Å². The number of rotatable bonds is 8. The number of carbonyl (C=O) groups excluding carboxylic acids is 2. The molecule has 0 fully saturated rings. The predicted molar refractivity (Wildman–Crippen MR) is 94.2 cm³/mol. The average Bonchev–Trinajstić information content (AvgIpc) is 2.62. The molecule has 9 heteroatoms. The SMILES string of the molecule is C[C@@H](Oc1ccc(Cl)cc1)C(=O)OCC(=O)Nc1ccccc1OC(F)F. The van der Waals surface area contributed by atoms with E-state index in [4.69, 9.17) is 21.1 Å². The molecule has 0 bridgehead atoms. The van der Waals surface area contributed by atoms with Gasteiger partial charge in [0.25, 0.3) is 5.91 Å². The quantitative estimate of drug-likeness (QED) is 0.682. The molecule has 2 aromatic rings. The van der Waals surface area contributed by atoms with Gasteiger partial charge in [-0.3, -0.25) is 4.79 Å². The number of hydrogen-bond acceptors (Lipinski definition) is 5. The molecule has 0 aromatic heterocycles. The predicted octanol–water partition coefficient (Wildman–Crippen LogP) is 3.89. The first-order valence-corrected chi connectivity index (χ1v) is 8.15. The summed E-state index contributed by atoms with van der Waals surface area (Å²) in [5, 5.41) is 2.85. The molecule has 6 nitrogen and oxygen atoms in total. The summed E-state index contributed by atoms with van der Waals surface area (Å²) in [7, 11) is 0. The van der Waals surface area contributed by atoms with Crippen molar-refractivity contribution in [1.29, 1.82) is 0 Å². The summed E-state index contributed by atoms with van der Waals surface area (Å²) in [6.07, 6.45) is -0.964. The zero-order valence-corrected chi connectivity index (χ0v) is 14.9. The van der Waals surface area contributed by atoms with Gasteiger partial charge in [-0.15, -0.1) is 0 Å². The molecule has 0 aliphatic heterocycles. The maximum absolute atomic E-state index is 12.4. The van der Waals surface area contributed by atoms with E-state index in [2.05, 4.69) is 10.1 Å². The first-order valence-electron chi connectivity index (χ1n) is 7.77. The van der Waals surface area contributed by atoms with Gasteiger partial charge in [0.2, 0.25) is 0 Å². The van der Waals surface area contributed by atoms with E-state index in [1.165, 1.54) is 31.2 Å². The van der Waals surface area contributed by atoms with Crippen LogP contribution in [0.5, 0.6) is 11.5 Å². The lowest BCUT2D eigenvalue weighted by Crippen LogP contribution is -2.29. The van der Waals surface area contributed by atoms with Gasteiger partial charge >= 0.3 is 12.6 Å². The van der Waals surface area contributed by atoms with E-state index in [1.807, 2.05) is 0 Å². The molecule has 2 aromatic carbocycles. The van der Waals surface area contributed by atoms with E-state index >= 15 is 0 Å². The number of hydrogen-bond donors (Lipinski definition) is 1. The lowest BCUT2D eigenvalue weighted by Gasteiger charge is -2.14. The molecule has 2 rings (SSSR count). The maximum atomic E-state index is 12.4. The highest BCUT2D eigenvalue weighted by Crippen LogP contribution is 2.25. The highest BCUT2D eigenvalue weighted by Gasteiger charge is 2.18. The van der Waals surface area contributed by atoms with Crippen molar-refractivity contribution in [3.63, 3.8) is 0 Å². The van der Waals surface area contributed by atoms with E-state index in [1.54, 1.807) is 24.3 Å². The molecule has 1 N–H and O–H groups in total. The first-order chi connectivity index (χ1) is 12.8. The summed E-state index contributed by atoms with van der Waals surface area (Å²) < 4.78 is 39.3. The van der Waals surface area contributed by atoms with Crippen molar-refractivity contribution in [2.75, 3.05) is 11.9 Å². The Balaban J connectivity index is 1.84. The van der Waals surface area contributed by atoms with E-state index < -0.39 is 31.2 Å². The monoisotopic (exact) mass is 399 g/mol. The lowest BCUT2D eigenvalue weighted by molar-refractivity contribution is -0.153. The summed E-state index contributed by atoms with van der Waals surface area (Å²) in [6, 6.07) is 12.0. The minimum Gasteiger partial charge on any atom is -0.479 e. The van der Waals surface area contributed by atoms with Crippen LogP contribution < -0.4 is 14.8 Å². The Kier molecular flexibility index (Phi) is 7.36. The highest BCUT2D eigenvalue weighted by molar-refractivity contribution is 6.30. The zero-order chi connectivity index (χ0) is 19.8. The molecule has 27 heavy (non-hydrogen) atoms. The van der Waals surface area contributed by atoms with E-state index in [-0.39, 0.29) is 11.4 Å². The van der Waals surface area contributed by atoms with Crippen LogP contribution in [0, 0.1) is 0 Å². The summed E-state index contributed by atoms with van der Waals surface area (Å²) in [6.45, 7) is -2.19. The van der Waals surface area contributed by atoms with E-state index in [9.17, 15) is 18.4 Å². The lowest BCUT2D eigenvalue weighted by atomic mass is 10.3. The molecule has 0 radical (unpaired) electrons. The summed E-state index contributed by atoms with van der Waals surface area (Å²) in [4.78, 5) is 23.8. The number of alkyl halides is 2. The van der Waals surface area contributed by atoms with E-state index in [0.29, 0.717) is 10.8 Å². The molecule has 0 saturated heterocycles. The Morgan fingerprint density at radius 2 is 1.74 bits per heavy atom. The fourth-order valence-corrected chi connectivity index (χ4v) is 2.10. The standard InChI is InChI=1S/C18H16ClF2NO5/c1-11(26-13-8-6-12(19)7-9-13)17(24)25-10-16(23)22-14-4-2-3-5-15(14)27-18(20)21/h2-9,11,18H,10H2,1H3,(H,22,23)/t11-/m1/s1. The maximum Gasteiger partial charge on any atom is 0.387 e. The number of para-hydroxylation sites is 2. The van der Waals surface area contributed by atoms with Gasteiger partial charge < -0.3 is 19.5 Å². The molecule has 144 valence electrons. The number of carbonyl (C=O) groups is 2. The third-order valence-electron chi connectivity index (χ3n) is 3.18. The van der Waals surface area contributed by atoms with Crippen molar-refractivity contribution in [2.24, 2.45) is 0 Å². The Morgan fingerprint density at radius 1 is 1.07 bits per heavy atom. The third-order valence-corrected chi connectivity index (χ3v) is 3.43. The van der Waals surface area contributed by atoms with Crippen LogP contribution in [0.2, 0.25) is 5.02 Å². The number of ether oxygens (including phenoxy) is 3. The van der Waals surface area contributed by atoms with Gasteiger partial charge in [0, 0.05) is 5.02 Å². The van der Waals surface area contributed by atoms with Gasteiger partial charge in [0.15, 0.2) is 12.7 Å². The van der Waals surface area contributed by atoms with Crippen molar-refractivity contribution in [3.8, 4) is 11.5 Å². The van der Waals surface area contributed by atoms with Gasteiger partial charge in [-0.2, -0.15) is 8.78 Å². The second-order valence-corrected chi connectivity index (χ2v) is 5.68. The van der Waals surface area contributed by atoms with Crippen LogP contribution in [0.25, 0.3) is 0 Å². The minimum atomic E-state index is -3.04. The topological polar surface area (TPSA) is 73.9 Å². The number of halogens is 3. The Bertz CT molecular complexity index is 786. The molecule has 0 spiro atoms. The highest BCUT2D eigenvalue weighted by atomic mass is 35.5. The number of amides is 1. The Labute approximate surface area is 159 Å². The second-order valence-electron chi connectivity index (χ2n) is 5.24. The van der Waals surface area contributed by atoms with Gasteiger partial charge in [0.05, 0.1) is 5.69 Å². The molecule has 0 unspecified atom stereocenters. The molecular weight excluding hydrogens is 384 g/mol. The first kappa shape index (κ1) is 20.4. The van der Waals surface area contributed by atoms with Crippen molar-refractivity contribution < 1.29 is 32.6 Å². The third kappa shape index (κ3) is 6.74. The van der Waals surface area contributed by atoms with Gasteiger partial charge in [-0.25, -0.2) is 4.79 Å². The van der Waals surface area contributed by atoms with Gasteiger partial charge in [-0.1, -0.05) is 23.7 Å². The number of benzene rings is 2. The summed E-state index contributed by atoms with van der Waals surface area (Å²) >= 11 is 5.76. The van der Waals surface area contributed by atoms with Crippen molar-refractivity contribution in [2.45, 2.75) is 19.6 Å². The zero-order valence-electron chi connectivity index (χ0n) is 14.2. The van der Waals surface area contributed by atoms with Crippen LogP contribution in [0.15, 0.2) is 48.5 Å². The van der Waals surface area contributed by atoms with Crippen LogP contribution in [-0.2, 0) is 14.3 Å². The smallest absolute Gasteiger partial charge is 0.387 e. The number of esters is 1. The van der Waals surface area contributed by atoms with Crippen molar-refractivity contribution in [1.82, 2.24) is 0 Å². The minimum absolute atomic E-state index is 0.0318. The average molecular weight is 400 g/mol. The normalized spacial score (nSPS) is 11.6. The second kappa shape index (κ2) is 9.72. The van der Waals surface area contributed by atoms with Crippen LogP contribution in [0.3, 0.4) is 0 Å². The van der Waals surface area contributed by atoms with Crippen LogP contribution >= 0.6 is 11.6 Å². The van der Waals surface area contributed by atoms with Crippen molar-refractivity contribution in [3.05, 3.63) is 53.6 Å². The molecule has 0 aliphatic rings. The fraction of sp³-hybridized carbons (Fsp3) is 0.222. The molecule has 1 atom stereocenters.